The van der Waals surface area contributed by atoms with Crippen molar-refractivity contribution in [2.45, 2.75) is 31.9 Å². The average molecular weight is 344 g/mol. The maximum atomic E-state index is 13.3. The van der Waals surface area contributed by atoms with E-state index < -0.39 is 11.9 Å². The van der Waals surface area contributed by atoms with Crippen LogP contribution in [0.2, 0.25) is 5.02 Å². The molecule has 0 saturated heterocycles. The molecule has 1 saturated carbocycles. The molecule has 122 valence electrons. The van der Waals surface area contributed by atoms with Crippen LogP contribution >= 0.6 is 11.6 Å². The fourth-order valence-electron chi connectivity index (χ4n) is 3.15. The quantitative estimate of drug-likeness (QED) is 0.707. The van der Waals surface area contributed by atoms with Gasteiger partial charge in [-0.05, 0) is 44.0 Å². The molecule has 2 heterocycles. The molecule has 1 aromatic carbocycles. The number of aryl methyl sites for hydroxylation is 1. The molecule has 0 bridgehead atoms. The molecule has 0 atom stereocenters. The average Bonchev–Trinajstić information content (AvgIpc) is 2.52. The molecule has 1 fully saturated rings. The largest absolute Gasteiger partial charge is 0.354 e. The minimum absolute atomic E-state index is 0.0272. The van der Waals surface area contributed by atoms with Gasteiger partial charge in [-0.3, -0.25) is 0 Å². The van der Waals surface area contributed by atoms with Crippen molar-refractivity contribution < 1.29 is 4.39 Å². The van der Waals surface area contributed by atoms with Gasteiger partial charge in [-0.15, -0.1) is 0 Å². The van der Waals surface area contributed by atoms with Crippen molar-refractivity contribution in [1.29, 1.82) is 0 Å². The van der Waals surface area contributed by atoms with Crippen LogP contribution in [0.4, 0.5) is 4.39 Å². The van der Waals surface area contributed by atoms with Gasteiger partial charge in [0.1, 0.15) is 6.17 Å². The molecule has 1 aliphatic carbocycles. The van der Waals surface area contributed by atoms with E-state index in [2.05, 4.69) is 9.97 Å². The number of aromatic nitrogens is 3. The molecule has 2 aromatic heterocycles. The first-order chi connectivity index (χ1) is 11.5. The summed E-state index contributed by atoms with van der Waals surface area (Å²) in [7, 11) is 0. The molecule has 6 heteroatoms. The fourth-order valence-corrected chi connectivity index (χ4v) is 3.37. The monoisotopic (exact) mass is 343 g/mol. The molecule has 3 aromatic rings. The molecule has 0 radical (unpaired) electrons. The van der Waals surface area contributed by atoms with Crippen molar-refractivity contribution in [1.82, 2.24) is 14.5 Å². The van der Waals surface area contributed by atoms with E-state index in [1.54, 1.807) is 18.2 Å². The van der Waals surface area contributed by atoms with Gasteiger partial charge in [-0.25, -0.2) is 18.7 Å². The Kier molecular flexibility index (Phi) is 3.61. The first-order valence-corrected chi connectivity index (χ1v) is 8.21. The first-order valence-electron chi connectivity index (χ1n) is 7.84. The van der Waals surface area contributed by atoms with Crippen LogP contribution in [-0.2, 0) is 0 Å². The van der Waals surface area contributed by atoms with E-state index in [1.807, 2.05) is 25.1 Å². The van der Waals surface area contributed by atoms with Crippen molar-refractivity contribution in [3.63, 3.8) is 0 Å². The van der Waals surface area contributed by atoms with E-state index in [0.29, 0.717) is 34.9 Å². The third kappa shape index (κ3) is 2.40. The van der Waals surface area contributed by atoms with Gasteiger partial charge in [0.25, 0.3) is 0 Å². The Bertz CT molecular complexity index is 995. The third-order valence-corrected chi connectivity index (χ3v) is 4.79. The number of hydrogen-bond acceptors (Lipinski definition) is 3. The highest BCUT2D eigenvalue weighted by atomic mass is 35.5. The molecule has 4 nitrogen and oxygen atoms in total. The number of rotatable bonds is 2. The standard InChI is InChI=1S/C18H15ClFN3O/c1-10-6-7-13-16(11-8-12(20)9-11)22-18(24)23(17(13)21-10)15-5-3-2-4-14(15)19/h2-7,11-12H,8-9H2,1H3. The van der Waals surface area contributed by atoms with Crippen LogP contribution < -0.4 is 5.69 Å². The van der Waals surface area contributed by atoms with Gasteiger partial charge in [-0.1, -0.05) is 23.7 Å². The van der Waals surface area contributed by atoms with Crippen LogP contribution in [0.15, 0.2) is 41.2 Å². The maximum absolute atomic E-state index is 13.3. The zero-order valence-corrected chi connectivity index (χ0v) is 13.8. The van der Waals surface area contributed by atoms with Gasteiger partial charge in [0.15, 0.2) is 5.65 Å². The van der Waals surface area contributed by atoms with E-state index in [9.17, 15) is 9.18 Å². The molecular formula is C18H15ClFN3O. The van der Waals surface area contributed by atoms with Crippen LogP contribution in [0.25, 0.3) is 16.7 Å². The second-order valence-electron chi connectivity index (χ2n) is 6.16. The summed E-state index contributed by atoms with van der Waals surface area (Å²) in [5.41, 5.74) is 2.05. The van der Waals surface area contributed by atoms with Crippen molar-refractivity contribution in [3.05, 3.63) is 63.3 Å². The highest BCUT2D eigenvalue weighted by molar-refractivity contribution is 6.32. The van der Waals surface area contributed by atoms with Gasteiger partial charge >= 0.3 is 5.69 Å². The Morgan fingerprint density at radius 1 is 1.17 bits per heavy atom. The summed E-state index contributed by atoms with van der Waals surface area (Å²) in [6.07, 6.45) is 0.00749. The maximum Gasteiger partial charge on any atom is 0.354 e. The van der Waals surface area contributed by atoms with Gasteiger partial charge in [-0.2, -0.15) is 4.98 Å². The highest BCUT2D eigenvalue weighted by Gasteiger charge is 2.33. The lowest BCUT2D eigenvalue weighted by molar-refractivity contribution is 0.177. The molecular weight excluding hydrogens is 329 g/mol. The van der Waals surface area contributed by atoms with Crippen LogP contribution in [0.1, 0.15) is 30.1 Å². The Morgan fingerprint density at radius 2 is 1.92 bits per heavy atom. The molecule has 24 heavy (non-hydrogen) atoms. The summed E-state index contributed by atoms with van der Waals surface area (Å²) in [5, 5.41) is 1.23. The summed E-state index contributed by atoms with van der Waals surface area (Å²) in [5.74, 6) is -0.0272. The van der Waals surface area contributed by atoms with Crippen molar-refractivity contribution >= 4 is 22.6 Å². The summed E-state index contributed by atoms with van der Waals surface area (Å²) < 4.78 is 14.7. The van der Waals surface area contributed by atoms with Crippen molar-refractivity contribution in [2.75, 3.05) is 0 Å². The zero-order valence-electron chi connectivity index (χ0n) is 13.0. The molecule has 0 unspecified atom stereocenters. The summed E-state index contributed by atoms with van der Waals surface area (Å²) in [6, 6.07) is 10.9. The van der Waals surface area contributed by atoms with Crippen LogP contribution in [0.5, 0.6) is 0 Å². The molecule has 0 spiro atoms. The van der Waals surface area contributed by atoms with Crippen molar-refractivity contribution in [2.24, 2.45) is 0 Å². The van der Waals surface area contributed by atoms with Crippen LogP contribution in [-0.4, -0.2) is 20.7 Å². The molecule has 1 aliphatic rings. The van der Waals surface area contributed by atoms with Gasteiger partial charge < -0.3 is 0 Å². The summed E-state index contributed by atoms with van der Waals surface area (Å²) in [6.45, 7) is 1.86. The molecule has 0 amide bonds. The second-order valence-corrected chi connectivity index (χ2v) is 6.56. The first kappa shape index (κ1) is 15.3. The van der Waals surface area contributed by atoms with E-state index in [0.717, 1.165) is 11.1 Å². The van der Waals surface area contributed by atoms with Crippen molar-refractivity contribution in [3.8, 4) is 5.69 Å². The number of hydrogen-bond donors (Lipinski definition) is 0. The summed E-state index contributed by atoms with van der Waals surface area (Å²) >= 11 is 6.27. The zero-order chi connectivity index (χ0) is 16.8. The predicted molar refractivity (Wildman–Crippen MR) is 91.8 cm³/mol. The van der Waals surface area contributed by atoms with Gasteiger partial charge in [0.2, 0.25) is 0 Å². The Labute approximate surface area is 142 Å². The smallest absolute Gasteiger partial charge is 0.247 e. The normalized spacial score (nSPS) is 20.1. The van der Waals surface area contributed by atoms with E-state index in [4.69, 9.17) is 11.6 Å². The lowest BCUT2D eigenvalue weighted by atomic mass is 9.80. The minimum Gasteiger partial charge on any atom is -0.247 e. The Balaban J connectivity index is 2.03. The topological polar surface area (TPSA) is 47.8 Å². The number of para-hydroxylation sites is 1. The van der Waals surface area contributed by atoms with Gasteiger partial charge in [0.05, 0.1) is 16.4 Å². The number of fused-ring (bicyclic) bond motifs is 1. The number of alkyl halides is 1. The lowest BCUT2D eigenvalue weighted by Gasteiger charge is -2.29. The summed E-state index contributed by atoms with van der Waals surface area (Å²) in [4.78, 5) is 21.5. The number of nitrogens with zero attached hydrogens (tertiary/aromatic N) is 3. The Hall–Kier alpha value is -2.27. The SMILES string of the molecule is Cc1ccc2c(C3CC(F)C3)nc(=O)n(-c3ccccc3Cl)c2n1. The van der Waals surface area contributed by atoms with E-state index in [1.165, 1.54) is 4.57 Å². The molecule has 0 aliphatic heterocycles. The fraction of sp³-hybridized carbons (Fsp3) is 0.278. The second kappa shape index (κ2) is 5.67. The van der Waals surface area contributed by atoms with E-state index in [-0.39, 0.29) is 5.92 Å². The van der Waals surface area contributed by atoms with Gasteiger partial charge in [0, 0.05) is 17.0 Å². The molecule has 0 N–H and O–H groups in total. The Morgan fingerprint density at radius 3 is 2.62 bits per heavy atom. The number of halogens is 2. The number of pyridine rings is 1. The lowest BCUT2D eigenvalue weighted by Crippen LogP contribution is -2.30. The predicted octanol–water partition coefficient (Wildman–Crippen LogP) is 3.96. The van der Waals surface area contributed by atoms with E-state index >= 15 is 0 Å². The van der Waals surface area contributed by atoms with Crippen LogP contribution in [0.3, 0.4) is 0 Å². The highest BCUT2D eigenvalue weighted by Crippen LogP contribution is 2.40. The third-order valence-electron chi connectivity index (χ3n) is 4.47. The number of benzene rings is 1. The minimum atomic E-state index is -0.809. The molecule has 4 rings (SSSR count). The van der Waals surface area contributed by atoms with Crippen LogP contribution in [0, 0.1) is 6.92 Å².